The highest BCUT2D eigenvalue weighted by Crippen LogP contribution is 2.08. The molecule has 0 aliphatic carbocycles. The van der Waals surface area contributed by atoms with Crippen molar-refractivity contribution in [3.05, 3.63) is 24.0 Å². The molecule has 78 valence electrons. The summed E-state index contributed by atoms with van der Waals surface area (Å²) < 4.78 is 30.1. The largest absolute Gasteiger partial charge is 0.495 e. The lowest BCUT2D eigenvalue weighted by Gasteiger charge is -2.01. The molecular formula is C7H10N2O4S. The molecule has 7 heteroatoms. The average Bonchev–Trinajstić information content (AvgIpc) is 2.14. The lowest BCUT2D eigenvalue weighted by molar-refractivity contribution is 0.303. The van der Waals surface area contributed by atoms with Crippen LogP contribution in [0.25, 0.3) is 0 Å². The van der Waals surface area contributed by atoms with Crippen LogP contribution in [0.1, 0.15) is 5.69 Å². The Hall–Kier alpha value is -1.18. The highest BCUT2D eigenvalue weighted by molar-refractivity contribution is 7.84. The van der Waals surface area contributed by atoms with E-state index in [-0.39, 0.29) is 6.61 Å². The van der Waals surface area contributed by atoms with Crippen LogP contribution in [0.5, 0.6) is 5.75 Å². The summed E-state index contributed by atoms with van der Waals surface area (Å²) in [6.45, 7) is -0.178. The van der Waals surface area contributed by atoms with Gasteiger partial charge in [-0.15, -0.1) is 0 Å². The maximum absolute atomic E-state index is 10.4. The van der Waals surface area contributed by atoms with Gasteiger partial charge >= 0.3 is 10.3 Å². The minimum atomic E-state index is -3.91. The number of hydrogen-bond donors (Lipinski definition) is 1. The first-order valence-corrected chi connectivity index (χ1v) is 5.14. The number of methoxy groups -OCH3 is 1. The molecule has 0 spiro atoms. The smallest absolute Gasteiger partial charge is 0.333 e. The monoisotopic (exact) mass is 218 g/mol. The van der Waals surface area contributed by atoms with Crippen LogP contribution in [0.2, 0.25) is 0 Å². The van der Waals surface area contributed by atoms with E-state index in [9.17, 15) is 8.42 Å². The molecule has 6 nitrogen and oxygen atoms in total. The van der Waals surface area contributed by atoms with Gasteiger partial charge in [-0.3, -0.25) is 9.17 Å². The molecule has 1 heterocycles. The second-order valence-electron chi connectivity index (χ2n) is 2.44. The predicted octanol–water partition coefficient (Wildman–Crippen LogP) is -0.190. The number of hydrogen-bond acceptors (Lipinski definition) is 5. The van der Waals surface area contributed by atoms with Gasteiger partial charge in [0.1, 0.15) is 12.4 Å². The molecule has 0 unspecified atom stereocenters. The maximum atomic E-state index is 10.4. The second kappa shape index (κ2) is 4.36. The van der Waals surface area contributed by atoms with E-state index in [1.54, 1.807) is 12.1 Å². The lowest BCUT2D eigenvalue weighted by atomic mass is 10.3. The Morgan fingerprint density at radius 2 is 2.21 bits per heavy atom. The SMILES string of the molecule is COc1ccc(COS(N)(=O)=O)nc1. The standard InChI is InChI=1S/C7H10N2O4S/c1-12-7-3-2-6(9-4-7)5-13-14(8,10)11/h2-4H,5H2,1H3,(H2,8,10,11). The average molecular weight is 218 g/mol. The molecule has 0 fully saturated rings. The second-order valence-corrected chi connectivity index (χ2v) is 3.67. The van der Waals surface area contributed by atoms with Crippen molar-refractivity contribution in [2.24, 2.45) is 5.14 Å². The van der Waals surface area contributed by atoms with Gasteiger partial charge in [0.2, 0.25) is 0 Å². The summed E-state index contributed by atoms with van der Waals surface area (Å²) in [7, 11) is -2.40. The fourth-order valence-corrected chi connectivity index (χ4v) is 1.04. The Kier molecular flexibility index (Phi) is 3.39. The third-order valence-electron chi connectivity index (χ3n) is 1.40. The van der Waals surface area contributed by atoms with E-state index in [2.05, 4.69) is 14.3 Å². The van der Waals surface area contributed by atoms with E-state index in [1.807, 2.05) is 0 Å². The first kappa shape index (κ1) is 10.9. The van der Waals surface area contributed by atoms with Crippen LogP contribution >= 0.6 is 0 Å². The Morgan fingerprint density at radius 3 is 2.64 bits per heavy atom. The Morgan fingerprint density at radius 1 is 1.50 bits per heavy atom. The van der Waals surface area contributed by atoms with Gasteiger partial charge in [0.05, 0.1) is 19.0 Å². The summed E-state index contributed by atoms with van der Waals surface area (Å²) in [6, 6.07) is 3.23. The van der Waals surface area contributed by atoms with Crippen LogP contribution in [-0.2, 0) is 21.1 Å². The van der Waals surface area contributed by atoms with E-state index in [0.29, 0.717) is 11.4 Å². The van der Waals surface area contributed by atoms with Crippen molar-refractivity contribution in [3.8, 4) is 5.75 Å². The van der Waals surface area contributed by atoms with Gasteiger partial charge in [-0.25, -0.2) is 5.14 Å². The van der Waals surface area contributed by atoms with Gasteiger partial charge < -0.3 is 4.74 Å². The van der Waals surface area contributed by atoms with E-state index in [0.717, 1.165) is 0 Å². The van der Waals surface area contributed by atoms with E-state index in [1.165, 1.54) is 13.3 Å². The number of aromatic nitrogens is 1. The van der Waals surface area contributed by atoms with Gasteiger partial charge in [0.25, 0.3) is 0 Å². The minimum absolute atomic E-state index is 0.178. The molecular weight excluding hydrogens is 208 g/mol. The molecule has 0 aliphatic rings. The van der Waals surface area contributed by atoms with Gasteiger partial charge in [0, 0.05) is 0 Å². The first-order chi connectivity index (χ1) is 6.51. The quantitative estimate of drug-likeness (QED) is 0.756. The van der Waals surface area contributed by atoms with Crippen molar-refractivity contribution in [2.75, 3.05) is 7.11 Å². The lowest BCUT2D eigenvalue weighted by Crippen LogP contribution is -2.15. The molecule has 0 aliphatic heterocycles. The minimum Gasteiger partial charge on any atom is -0.495 e. The molecule has 0 atom stereocenters. The number of nitrogens with zero attached hydrogens (tertiary/aromatic N) is 1. The summed E-state index contributed by atoms with van der Waals surface area (Å²) in [6.07, 6.45) is 1.46. The first-order valence-electron chi connectivity index (χ1n) is 3.67. The van der Waals surface area contributed by atoms with Crippen LogP contribution in [-0.4, -0.2) is 20.5 Å². The topological polar surface area (TPSA) is 91.5 Å². The molecule has 0 aromatic carbocycles. The molecule has 1 aromatic rings. The van der Waals surface area contributed by atoms with Crippen molar-refractivity contribution in [1.82, 2.24) is 4.98 Å². The van der Waals surface area contributed by atoms with Crippen LogP contribution in [0, 0.1) is 0 Å². The highest BCUT2D eigenvalue weighted by atomic mass is 32.2. The number of pyridine rings is 1. The molecule has 0 amide bonds. The zero-order chi connectivity index (χ0) is 10.6. The van der Waals surface area contributed by atoms with E-state index < -0.39 is 10.3 Å². The normalized spacial score (nSPS) is 11.3. The predicted molar refractivity (Wildman–Crippen MR) is 48.7 cm³/mol. The summed E-state index contributed by atoms with van der Waals surface area (Å²) in [5, 5.41) is 4.64. The molecule has 14 heavy (non-hydrogen) atoms. The summed E-state index contributed by atoms with van der Waals surface area (Å²) in [4.78, 5) is 3.88. The van der Waals surface area contributed by atoms with E-state index >= 15 is 0 Å². The Labute approximate surface area is 81.9 Å². The molecule has 1 aromatic heterocycles. The van der Waals surface area contributed by atoms with Gasteiger partial charge in [-0.1, -0.05) is 0 Å². The summed E-state index contributed by atoms with van der Waals surface area (Å²) >= 11 is 0. The van der Waals surface area contributed by atoms with Gasteiger partial charge in [-0.2, -0.15) is 8.42 Å². The fourth-order valence-electron chi connectivity index (χ4n) is 0.760. The zero-order valence-electron chi connectivity index (χ0n) is 7.50. The fraction of sp³-hybridized carbons (Fsp3) is 0.286. The summed E-state index contributed by atoms with van der Waals surface area (Å²) in [5.74, 6) is 0.587. The van der Waals surface area contributed by atoms with Crippen molar-refractivity contribution >= 4 is 10.3 Å². The highest BCUT2D eigenvalue weighted by Gasteiger charge is 2.03. The van der Waals surface area contributed by atoms with Gasteiger partial charge in [0.15, 0.2) is 0 Å². The van der Waals surface area contributed by atoms with Crippen molar-refractivity contribution in [1.29, 1.82) is 0 Å². The third kappa shape index (κ3) is 3.69. The zero-order valence-corrected chi connectivity index (χ0v) is 8.32. The number of rotatable bonds is 4. The number of nitrogens with two attached hydrogens (primary N) is 1. The van der Waals surface area contributed by atoms with Crippen molar-refractivity contribution in [2.45, 2.75) is 6.61 Å². The number of ether oxygens (including phenoxy) is 1. The van der Waals surface area contributed by atoms with Crippen LogP contribution < -0.4 is 9.88 Å². The molecule has 0 saturated heterocycles. The molecule has 2 N–H and O–H groups in total. The van der Waals surface area contributed by atoms with Crippen molar-refractivity contribution < 1.29 is 17.3 Å². The van der Waals surface area contributed by atoms with Gasteiger partial charge in [-0.05, 0) is 12.1 Å². The van der Waals surface area contributed by atoms with Crippen molar-refractivity contribution in [3.63, 3.8) is 0 Å². The molecule has 0 saturated carbocycles. The maximum Gasteiger partial charge on any atom is 0.333 e. The molecule has 0 bridgehead atoms. The molecule has 1 rings (SSSR count). The molecule has 0 radical (unpaired) electrons. The van der Waals surface area contributed by atoms with Crippen LogP contribution in [0.15, 0.2) is 18.3 Å². The Bertz CT molecular complexity index is 387. The summed E-state index contributed by atoms with van der Waals surface area (Å²) in [5.41, 5.74) is 0.458. The third-order valence-corrected chi connectivity index (χ3v) is 1.85. The van der Waals surface area contributed by atoms with E-state index in [4.69, 9.17) is 4.74 Å². The van der Waals surface area contributed by atoms with Crippen LogP contribution in [0.4, 0.5) is 0 Å². The van der Waals surface area contributed by atoms with Crippen LogP contribution in [0.3, 0.4) is 0 Å². The Balaban J connectivity index is 2.61.